The minimum Gasteiger partial charge on any atom is -0.475 e. The molecule has 2 aliphatic rings. The van der Waals surface area contributed by atoms with Crippen molar-refractivity contribution >= 4 is 23.2 Å². The molecule has 3 heterocycles. The summed E-state index contributed by atoms with van der Waals surface area (Å²) in [5.74, 6) is -2.10. The minimum absolute atomic E-state index is 0.0389. The molecule has 1 amide bonds. The number of carbonyl (C=O) groups excluding carboxylic acids is 1. The van der Waals surface area contributed by atoms with E-state index in [9.17, 15) is 18.0 Å². The highest BCUT2D eigenvalue weighted by molar-refractivity contribution is 7.12. The molecule has 0 saturated carbocycles. The van der Waals surface area contributed by atoms with Gasteiger partial charge in [0.15, 0.2) is 0 Å². The van der Waals surface area contributed by atoms with E-state index in [2.05, 4.69) is 11.8 Å². The van der Waals surface area contributed by atoms with Gasteiger partial charge in [0.1, 0.15) is 0 Å². The summed E-state index contributed by atoms with van der Waals surface area (Å²) in [7, 11) is 1.74. The van der Waals surface area contributed by atoms with Gasteiger partial charge in [-0.05, 0) is 17.4 Å². The predicted molar refractivity (Wildman–Crippen MR) is 105 cm³/mol. The fourth-order valence-corrected chi connectivity index (χ4v) is 4.41. The van der Waals surface area contributed by atoms with Crippen LogP contribution in [0.25, 0.3) is 0 Å². The molecule has 2 fully saturated rings. The lowest BCUT2D eigenvalue weighted by atomic mass is 9.79. The van der Waals surface area contributed by atoms with Crippen molar-refractivity contribution in [3.05, 3.63) is 22.4 Å². The van der Waals surface area contributed by atoms with Crippen LogP contribution in [0.4, 0.5) is 13.2 Å². The number of rotatable bonds is 4. The molecule has 0 radical (unpaired) electrons. The number of hydrogen-bond donors (Lipinski definition) is 1. The van der Waals surface area contributed by atoms with Crippen LogP contribution in [0.5, 0.6) is 0 Å². The molecule has 0 unspecified atom stereocenters. The van der Waals surface area contributed by atoms with E-state index in [1.54, 1.807) is 7.11 Å². The quantitative estimate of drug-likeness (QED) is 0.756. The highest BCUT2D eigenvalue weighted by Crippen LogP contribution is 2.38. The van der Waals surface area contributed by atoms with Crippen molar-refractivity contribution in [2.24, 2.45) is 11.3 Å². The largest absolute Gasteiger partial charge is 0.490 e. The van der Waals surface area contributed by atoms with Gasteiger partial charge in [-0.15, -0.1) is 11.3 Å². The second-order valence-electron chi connectivity index (χ2n) is 7.55. The Morgan fingerprint density at radius 3 is 2.67 bits per heavy atom. The summed E-state index contributed by atoms with van der Waals surface area (Å²) in [5.41, 5.74) is 0.0389. The van der Waals surface area contributed by atoms with Crippen LogP contribution in [-0.4, -0.2) is 92.6 Å². The van der Waals surface area contributed by atoms with Crippen molar-refractivity contribution in [1.29, 1.82) is 0 Å². The van der Waals surface area contributed by atoms with Gasteiger partial charge in [-0.25, -0.2) is 4.79 Å². The van der Waals surface area contributed by atoms with Crippen molar-refractivity contribution in [3.63, 3.8) is 0 Å². The molecule has 2 atom stereocenters. The number of aliphatic carboxylic acids is 1. The maximum Gasteiger partial charge on any atom is 0.490 e. The number of carbonyl (C=O) groups is 2. The number of nitrogens with zero attached hydrogens (tertiary/aromatic N) is 2. The van der Waals surface area contributed by atoms with E-state index < -0.39 is 12.1 Å². The second kappa shape index (κ2) is 10.6. The van der Waals surface area contributed by atoms with Crippen LogP contribution in [0.15, 0.2) is 17.5 Å². The molecular weight excluding hydrogens is 425 g/mol. The average molecular weight is 452 g/mol. The van der Waals surface area contributed by atoms with Gasteiger partial charge in [0.2, 0.25) is 0 Å². The van der Waals surface area contributed by atoms with Gasteiger partial charge in [-0.1, -0.05) is 13.0 Å². The van der Waals surface area contributed by atoms with E-state index >= 15 is 0 Å². The Kier molecular flexibility index (Phi) is 8.65. The summed E-state index contributed by atoms with van der Waals surface area (Å²) < 4.78 is 42.9. The van der Waals surface area contributed by atoms with Crippen LogP contribution >= 0.6 is 11.3 Å². The summed E-state index contributed by atoms with van der Waals surface area (Å²) in [6.45, 7) is 8.85. The molecule has 3 rings (SSSR count). The maximum atomic E-state index is 12.8. The van der Waals surface area contributed by atoms with Crippen LogP contribution < -0.4 is 0 Å². The van der Waals surface area contributed by atoms with E-state index in [0.29, 0.717) is 19.1 Å². The van der Waals surface area contributed by atoms with Crippen molar-refractivity contribution in [2.45, 2.75) is 13.1 Å². The third-order valence-electron chi connectivity index (χ3n) is 5.39. The topological polar surface area (TPSA) is 79.3 Å². The predicted octanol–water partition coefficient (Wildman–Crippen LogP) is 2.44. The van der Waals surface area contributed by atoms with Crippen LogP contribution in [0.1, 0.15) is 16.6 Å². The molecule has 170 valence electrons. The molecule has 2 aliphatic heterocycles. The van der Waals surface area contributed by atoms with E-state index in [1.165, 1.54) is 11.3 Å². The number of halogens is 3. The molecule has 1 N–H and O–H groups in total. The molecule has 30 heavy (non-hydrogen) atoms. The molecule has 0 aromatic carbocycles. The SMILES string of the molecule is COCCN1C[C@@H](C)[C@@]2(COCCN(C(=O)c3cccs3)C2)C1.O=C(O)C(F)(F)F. The van der Waals surface area contributed by atoms with Crippen molar-refractivity contribution in [3.8, 4) is 0 Å². The fourth-order valence-electron chi connectivity index (χ4n) is 3.72. The Hall–Kier alpha value is -1.69. The molecule has 1 aromatic rings. The molecule has 0 bridgehead atoms. The Morgan fingerprint density at radius 2 is 2.10 bits per heavy atom. The third kappa shape index (κ3) is 6.40. The zero-order valence-electron chi connectivity index (χ0n) is 17.0. The monoisotopic (exact) mass is 452 g/mol. The Labute approximate surface area is 177 Å². The summed E-state index contributed by atoms with van der Waals surface area (Å²) in [4.78, 5) is 26.9. The van der Waals surface area contributed by atoms with Crippen molar-refractivity contribution in [1.82, 2.24) is 9.80 Å². The molecule has 1 aromatic heterocycles. The zero-order chi connectivity index (χ0) is 22.4. The fraction of sp³-hybridized carbons (Fsp3) is 0.684. The third-order valence-corrected chi connectivity index (χ3v) is 6.25. The lowest BCUT2D eigenvalue weighted by Crippen LogP contribution is -2.45. The molecule has 11 heteroatoms. The normalized spacial score (nSPS) is 25.0. The molecule has 1 spiro atoms. The van der Waals surface area contributed by atoms with E-state index in [0.717, 1.165) is 44.3 Å². The number of likely N-dealkylation sites (tertiary alicyclic amines) is 1. The smallest absolute Gasteiger partial charge is 0.475 e. The Balaban J connectivity index is 0.000000396. The zero-order valence-corrected chi connectivity index (χ0v) is 17.8. The second-order valence-corrected chi connectivity index (χ2v) is 8.50. The summed E-state index contributed by atoms with van der Waals surface area (Å²) in [6, 6.07) is 3.85. The van der Waals surface area contributed by atoms with Crippen LogP contribution in [0.2, 0.25) is 0 Å². The number of hydrogen-bond acceptors (Lipinski definition) is 6. The number of carboxylic acid groups (broad SMARTS) is 1. The van der Waals surface area contributed by atoms with Crippen molar-refractivity contribution < 1.29 is 37.3 Å². The van der Waals surface area contributed by atoms with Gasteiger partial charge in [0.25, 0.3) is 5.91 Å². The Bertz CT molecular complexity index is 701. The van der Waals surface area contributed by atoms with Crippen LogP contribution in [0, 0.1) is 11.3 Å². The highest BCUT2D eigenvalue weighted by Gasteiger charge is 2.47. The minimum atomic E-state index is -5.08. The van der Waals surface area contributed by atoms with Crippen LogP contribution in [0.3, 0.4) is 0 Å². The first-order valence-corrected chi connectivity index (χ1v) is 10.4. The lowest BCUT2D eigenvalue weighted by molar-refractivity contribution is -0.192. The summed E-state index contributed by atoms with van der Waals surface area (Å²) >= 11 is 1.52. The van der Waals surface area contributed by atoms with Gasteiger partial charge in [-0.2, -0.15) is 13.2 Å². The van der Waals surface area contributed by atoms with Gasteiger partial charge in [0, 0.05) is 45.2 Å². The standard InChI is InChI=1S/C17H26N2O3S.C2HF3O2/c1-14-10-18(5-7-21-2)11-17(14)12-19(6-8-22-13-17)16(20)15-4-3-9-23-15;3-2(4,5)1(6)7/h3-4,9,14H,5-8,10-13H2,1-2H3;(H,6,7)/t14-,17+;/m1./s1. The summed E-state index contributed by atoms with van der Waals surface area (Å²) in [5, 5.41) is 9.09. The van der Waals surface area contributed by atoms with Gasteiger partial charge >= 0.3 is 12.1 Å². The van der Waals surface area contributed by atoms with Crippen molar-refractivity contribution in [2.75, 3.05) is 59.7 Å². The number of methoxy groups -OCH3 is 1. The van der Waals surface area contributed by atoms with Crippen LogP contribution in [-0.2, 0) is 14.3 Å². The molecule has 2 saturated heterocycles. The molecular formula is C19H27F3N2O5S. The highest BCUT2D eigenvalue weighted by atomic mass is 32.1. The molecule has 0 aliphatic carbocycles. The van der Waals surface area contributed by atoms with E-state index in [-0.39, 0.29) is 11.3 Å². The number of ether oxygens (including phenoxy) is 2. The number of alkyl halides is 3. The van der Waals surface area contributed by atoms with E-state index in [4.69, 9.17) is 19.4 Å². The van der Waals surface area contributed by atoms with Gasteiger partial charge in [0.05, 0.1) is 24.7 Å². The summed E-state index contributed by atoms with van der Waals surface area (Å²) in [6.07, 6.45) is -5.08. The van der Waals surface area contributed by atoms with E-state index in [1.807, 2.05) is 22.4 Å². The Morgan fingerprint density at radius 1 is 1.40 bits per heavy atom. The molecule has 7 nitrogen and oxygen atoms in total. The number of thiophene rings is 1. The first kappa shape index (κ1) is 24.6. The maximum absolute atomic E-state index is 12.8. The number of amides is 1. The van der Waals surface area contributed by atoms with Gasteiger partial charge in [-0.3, -0.25) is 4.79 Å². The first-order valence-electron chi connectivity index (χ1n) is 9.51. The lowest BCUT2D eigenvalue weighted by Gasteiger charge is -2.35. The average Bonchev–Trinajstić information content (AvgIpc) is 3.24. The number of carboxylic acids is 1. The van der Waals surface area contributed by atoms with Gasteiger partial charge < -0.3 is 24.4 Å². The first-order chi connectivity index (χ1) is 14.1.